The van der Waals surface area contributed by atoms with E-state index in [0.717, 1.165) is 46.9 Å². The predicted octanol–water partition coefficient (Wildman–Crippen LogP) is 5.05. The molecule has 0 aliphatic heterocycles. The highest BCUT2D eigenvalue weighted by atomic mass is 79.9. The largest absolute Gasteiger partial charge is 0.507 e. The number of hydrogen-bond donors (Lipinski definition) is 1. The van der Waals surface area contributed by atoms with Gasteiger partial charge in [-0.15, -0.1) is 0 Å². The van der Waals surface area contributed by atoms with Gasteiger partial charge in [-0.2, -0.15) is 0 Å². The van der Waals surface area contributed by atoms with Crippen LogP contribution >= 0.6 is 15.9 Å². The Labute approximate surface area is 128 Å². The Balaban J connectivity index is 2.21. The maximum atomic E-state index is 10.3. The molecule has 0 radical (unpaired) electrons. The van der Waals surface area contributed by atoms with Gasteiger partial charge in [0.05, 0.1) is 6.61 Å². The molecule has 2 nitrogen and oxygen atoms in total. The van der Waals surface area contributed by atoms with Crippen LogP contribution in [-0.4, -0.2) is 17.0 Å². The van der Waals surface area contributed by atoms with E-state index in [1.165, 1.54) is 12.8 Å². The molecule has 3 heteroatoms. The molecule has 0 aliphatic carbocycles. The SMILES string of the molecule is CCc1cc(OCCCCCBr)c2ccccc2c1O. The minimum absolute atomic E-state index is 0.384. The summed E-state index contributed by atoms with van der Waals surface area (Å²) in [5.74, 6) is 1.27. The summed E-state index contributed by atoms with van der Waals surface area (Å²) in [5, 5.41) is 13.2. The fraction of sp³-hybridized carbons (Fsp3) is 0.412. The summed E-state index contributed by atoms with van der Waals surface area (Å²) >= 11 is 3.44. The molecule has 0 saturated heterocycles. The van der Waals surface area contributed by atoms with Gasteiger partial charge in [0.15, 0.2) is 0 Å². The summed E-state index contributed by atoms with van der Waals surface area (Å²) in [7, 11) is 0. The number of aromatic hydroxyl groups is 1. The zero-order chi connectivity index (χ0) is 14.4. The number of unbranched alkanes of at least 4 members (excludes halogenated alkanes) is 2. The summed E-state index contributed by atoms with van der Waals surface area (Å²) in [6.45, 7) is 2.77. The highest BCUT2D eigenvalue weighted by Gasteiger charge is 2.10. The Morgan fingerprint density at radius 1 is 1.10 bits per heavy atom. The highest BCUT2D eigenvalue weighted by Crippen LogP contribution is 2.36. The van der Waals surface area contributed by atoms with E-state index < -0.39 is 0 Å². The van der Waals surface area contributed by atoms with Crippen molar-refractivity contribution in [1.29, 1.82) is 0 Å². The van der Waals surface area contributed by atoms with Crippen molar-refractivity contribution in [3.05, 3.63) is 35.9 Å². The number of fused-ring (bicyclic) bond motifs is 1. The number of rotatable bonds is 7. The molecule has 0 aliphatic rings. The summed E-state index contributed by atoms with van der Waals surface area (Å²) in [6, 6.07) is 9.85. The summed E-state index contributed by atoms with van der Waals surface area (Å²) in [5.41, 5.74) is 0.944. The molecule has 20 heavy (non-hydrogen) atoms. The van der Waals surface area contributed by atoms with E-state index in [1.54, 1.807) is 0 Å². The Hall–Kier alpha value is -1.22. The second-order valence-electron chi connectivity index (χ2n) is 4.88. The summed E-state index contributed by atoms with van der Waals surface area (Å²) in [6.07, 6.45) is 4.21. The fourth-order valence-electron chi connectivity index (χ4n) is 2.33. The van der Waals surface area contributed by atoms with Gasteiger partial charge in [-0.1, -0.05) is 47.1 Å². The molecule has 2 aromatic carbocycles. The number of benzene rings is 2. The van der Waals surface area contributed by atoms with E-state index in [0.29, 0.717) is 5.75 Å². The third-order valence-corrected chi connectivity index (χ3v) is 4.03. The first kappa shape index (κ1) is 15.2. The number of aryl methyl sites for hydroxylation is 1. The van der Waals surface area contributed by atoms with Gasteiger partial charge in [-0.3, -0.25) is 0 Å². The number of ether oxygens (including phenoxy) is 1. The van der Waals surface area contributed by atoms with Crippen molar-refractivity contribution >= 4 is 26.7 Å². The molecular weight excluding hydrogens is 316 g/mol. The molecule has 0 saturated carbocycles. The van der Waals surface area contributed by atoms with E-state index in [4.69, 9.17) is 4.74 Å². The van der Waals surface area contributed by atoms with Crippen LogP contribution in [0.5, 0.6) is 11.5 Å². The molecule has 0 heterocycles. The summed E-state index contributed by atoms with van der Waals surface area (Å²) < 4.78 is 5.94. The Kier molecular flexibility index (Phi) is 5.72. The maximum absolute atomic E-state index is 10.3. The third kappa shape index (κ3) is 3.45. The third-order valence-electron chi connectivity index (χ3n) is 3.47. The minimum Gasteiger partial charge on any atom is -0.507 e. The summed E-state index contributed by atoms with van der Waals surface area (Å²) in [4.78, 5) is 0. The molecule has 2 aromatic rings. The normalized spacial score (nSPS) is 10.9. The lowest BCUT2D eigenvalue weighted by Gasteiger charge is -2.13. The molecule has 1 N–H and O–H groups in total. The number of phenols is 1. The van der Waals surface area contributed by atoms with Crippen LogP contribution in [0.3, 0.4) is 0 Å². The zero-order valence-corrected chi connectivity index (χ0v) is 13.4. The lowest BCUT2D eigenvalue weighted by atomic mass is 10.0. The van der Waals surface area contributed by atoms with E-state index in [1.807, 2.05) is 37.3 Å². The molecular formula is C17H21BrO2. The molecule has 0 fully saturated rings. The topological polar surface area (TPSA) is 29.5 Å². The Bertz CT molecular complexity index is 566. The minimum atomic E-state index is 0.384. The molecule has 2 rings (SSSR count). The van der Waals surface area contributed by atoms with Crippen LogP contribution in [0.4, 0.5) is 0 Å². The van der Waals surface area contributed by atoms with Crippen molar-refractivity contribution < 1.29 is 9.84 Å². The first-order valence-electron chi connectivity index (χ1n) is 7.20. The number of phenolic OH excluding ortho intramolecular Hbond substituents is 1. The second kappa shape index (κ2) is 7.53. The van der Waals surface area contributed by atoms with E-state index in [2.05, 4.69) is 15.9 Å². The van der Waals surface area contributed by atoms with Crippen molar-refractivity contribution in [1.82, 2.24) is 0 Å². The molecule has 0 bridgehead atoms. The molecule has 0 atom stereocenters. The van der Waals surface area contributed by atoms with Crippen LogP contribution in [0.15, 0.2) is 30.3 Å². The monoisotopic (exact) mass is 336 g/mol. The van der Waals surface area contributed by atoms with Gasteiger partial charge < -0.3 is 9.84 Å². The molecule has 0 unspecified atom stereocenters. The van der Waals surface area contributed by atoms with E-state index >= 15 is 0 Å². The van der Waals surface area contributed by atoms with E-state index in [9.17, 15) is 5.11 Å². The molecule has 0 spiro atoms. The van der Waals surface area contributed by atoms with Crippen LogP contribution in [0.25, 0.3) is 10.8 Å². The van der Waals surface area contributed by atoms with Crippen LogP contribution in [0, 0.1) is 0 Å². The van der Waals surface area contributed by atoms with Gasteiger partial charge >= 0.3 is 0 Å². The zero-order valence-electron chi connectivity index (χ0n) is 11.9. The van der Waals surface area contributed by atoms with Crippen molar-refractivity contribution in [2.24, 2.45) is 0 Å². The average Bonchev–Trinajstić information content (AvgIpc) is 2.49. The predicted molar refractivity (Wildman–Crippen MR) is 88.1 cm³/mol. The molecule has 0 aromatic heterocycles. The van der Waals surface area contributed by atoms with Crippen LogP contribution < -0.4 is 4.74 Å². The number of alkyl halides is 1. The number of halogens is 1. The van der Waals surface area contributed by atoms with Crippen molar-refractivity contribution in [3.63, 3.8) is 0 Å². The quantitative estimate of drug-likeness (QED) is 0.566. The first-order valence-corrected chi connectivity index (χ1v) is 8.32. The van der Waals surface area contributed by atoms with Crippen LogP contribution in [0.2, 0.25) is 0 Å². The van der Waals surface area contributed by atoms with Gasteiger partial charge in [-0.05, 0) is 37.3 Å². The van der Waals surface area contributed by atoms with Gasteiger partial charge in [0.1, 0.15) is 11.5 Å². The molecule has 108 valence electrons. The Morgan fingerprint density at radius 3 is 2.55 bits per heavy atom. The second-order valence-corrected chi connectivity index (χ2v) is 5.67. The van der Waals surface area contributed by atoms with E-state index in [-0.39, 0.29) is 0 Å². The fourth-order valence-corrected chi connectivity index (χ4v) is 2.72. The van der Waals surface area contributed by atoms with Crippen LogP contribution in [0.1, 0.15) is 31.7 Å². The average molecular weight is 337 g/mol. The lowest BCUT2D eigenvalue weighted by Crippen LogP contribution is -1.99. The van der Waals surface area contributed by atoms with Crippen molar-refractivity contribution in [2.45, 2.75) is 32.6 Å². The smallest absolute Gasteiger partial charge is 0.127 e. The van der Waals surface area contributed by atoms with Gasteiger partial charge in [0.25, 0.3) is 0 Å². The lowest BCUT2D eigenvalue weighted by molar-refractivity contribution is 0.309. The first-order chi connectivity index (χ1) is 9.77. The van der Waals surface area contributed by atoms with Gasteiger partial charge in [0.2, 0.25) is 0 Å². The van der Waals surface area contributed by atoms with Crippen LogP contribution in [-0.2, 0) is 6.42 Å². The number of hydrogen-bond acceptors (Lipinski definition) is 2. The maximum Gasteiger partial charge on any atom is 0.127 e. The van der Waals surface area contributed by atoms with Gasteiger partial charge in [0, 0.05) is 16.1 Å². The van der Waals surface area contributed by atoms with Gasteiger partial charge in [-0.25, -0.2) is 0 Å². The standard InChI is InChI=1S/C17H21BrO2/c1-2-13-12-16(20-11-7-3-6-10-18)14-8-4-5-9-15(14)17(13)19/h4-5,8-9,12,19H,2-3,6-7,10-11H2,1H3. The van der Waals surface area contributed by atoms with Crippen molar-refractivity contribution in [3.8, 4) is 11.5 Å². The Morgan fingerprint density at radius 2 is 1.85 bits per heavy atom. The van der Waals surface area contributed by atoms with Crippen molar-refractivity contribution in [2.75, 3.05) is 11.9 Å². The highest BCUT2D eigenvalue weighted by molar-refractivity contribution is 9.09. The molecule has 0 amide bonds.